The van der Waals surface area contributed by atoms with Crippen molar-refractivity contribution in [1.29, 1.82) is 0 Å². The minimum absolute atomic E-state index is 0.0119. The summed E-state index contributed by atoms with van der Waals surface area (Å²) in [7, 11) is 1.51. The molecule has 0 atom stereocenters. The van der Waals surface area contributed by atoms with E-state index in [-0.39, 0.29) is 16.5 Å². The van der Waals surface area contributed by atoms with Gasteiger partial charge in [0.2, 0.25) is 0 Å². The van der Waals surface area contributed by atoms with Gasteiger partial charge in [-0.15, -0.1) is 11.3 Å². The van der Waals surface area contributed by atoms with E-state index in [0.717, 1.165) is 16.7 Å². The van der Waals surface area contributed by atoms with E-state index >= 15 is 0 Å². The van der Waals surface area contributed by atoms with E-state index in [1.165, 1.54) is 23.1 Å². The number of methoxy groups -OCH3 is 1. The molecule has 0 spiro atoms. The van der Waals surface area contributed by atoms with Gasteiger partial charge in [0.25, 0.3) is 5.91 Å². The number of nitrogens with zero attached hydrogens (tertiary/aromatic N) is 1. The van der Waals surface area contributed by atoms with Gasteiger partial charge in [-0.2, -0.15) is 8.78 Å². The first-order valence-corrected chi connectivity index (χ1v) is 8.10. The van der Waals surface area contributed by atoms with Crippen molar-refractivity contribution in [1.82, 2.24) is 4.57 Å². The summed E-state index contributed by atoms with van der Waals surface area (Å²) >= 11 is 7.09. The number of ether oxygens (including phenoxy) is 2. The quantitative estimate of drug-likeness (QED) is 0.650. The van der Waals surface area contributed by atoms with Crippen LogP contribution in [0.1, 0.15) is 16.1 Å². The van der Waals surface area contributed by atoms with E-state index in [4.69, 9.17) is 16.3 Å². The van der Waals surface area contributed by atoms with Gasteiger partial charge in [0.1, 0.15) is 5.75 Å². The molecule has 0 bridgehead atoms. The molecule has 0 aliphatic heterocycles. The molecule has 0 amide bonds. The zero-order chi connectivity index (χ0) is 17.4. The van der Waals surface area contributed by atoms with Crippen LogP contribution in [0.5, 0.6) is 10.8 Å². The van der Waals surface area contributed by atoms with Crippen molar-refractivity contribution in [2.75, 3.05) is 7.11 Å². The predicted molar refractivity (Wildman–Crippen MR) is 88.9 cm³/mol. The lowest BCUT2D eigenvalue weighted by Gasteiger charge is -2.07. The van der Waals surface area contributed by atoms with Gasteiger partial charge in [0.05, 0.1) is 23.2 Å². The molecule has 126 valence electrons. The predicted octanol–water partition coefficient (Wildman–Crippen LogP) is 4.96. The summed E-state index contributed by atoms with van der Waals surface area (Å²) in [6.45, 7) is -1.15. The summed E-state index contributed by atoms with van der Waals surface area (Å²) in [5, 5.41) is 2.64. The van der Waals surface area contributed by atoms with Gasteiger partial charge in [0.15, 0.2) is 5.06 Å². The Labute approximate surface area is 145 Å². The summed E-state index contributed by atoms with van der Waals surface area (Å²) in [6.07, 6.45) is 0. The third-order valence-corrected chi connectivity index (χ3v) is 4.60. The lowest BCUT2D eigenvalue weighted by molar-refractivity contribution is -0.0472. The molecule has 4 nitrogen and oxygen atoms in total. The van der Waals surface area contributed by atoms with E-state index in [9.17, 15) is 13.6 Å². The molecule has 3 rings (SSSR count). The van der Waals surface area contributed by atoms with E-state index < -0.39 is 6.61 Å². The highest BCUT2D eigenvalue weighted by atomic mass is 35.5. The topological polar surface area (TPSA) is 40.5 Å². The molecule has 0 saturated carbocycles. The van der Waals surface area contributed by atoms with Gasteiger partial charge in [-0.05, 0) is 25.1 Å². The van der Waals surface area contributed by atoms with Gasteiger partial charge in [-0.1, -0.05) is 11.6 Å². The number of benzene rings is 1. The highest BCUT2D eigenvalue weighted by Gasteiger charge is 2.19. The fourth-order valence-electron chi connectivity index (χ4n) is 2.48. The monoisotopic (exact) mass is 371 g/mol. The largest absolute Gasteiger partial charge is 0.495 e. The van der Waals surface area contributed by atoms with Crippen molar-refractivity contribution in [3.05, 3.63) is 45.9 Å². The van der Waals surface area contributed by atoms with Gasteiger partial charge in [-0.3, -0.25) is 9.36 Å². The SMILES string of the molecule is COc1cc2cc(C)n(C(=O)c3csc(OC(F)F)c3)c2cc1Cl. The molecular formula is C16H12ClF2NO3S. The van der Waals surface area contributed by atoms with Crippen molar-refractivity contribution in [3.8, 4) is 10.8 Å². The summed E-state index contributed by atoms with van der Waals surface area (Å²) < 4.78 is 35.5. The molecule has 2 aromatic heterocycles. The minimum atomic E-state index is -2.92. The standard InChI is InChI=1S/C16H12ClF2NO3S/c1-8-3-9-4-13(22-2)11(17)6-12(9)20(8)15(21)10-5-14(24-7-10)23-16(18)19/h3-7,16H,1-2H3. The Bertz CT molecular complexity index is 920. The molecule has 0 N–H and O–H groups in total. The first kappa shape index (κ1) is 16.7. The molecule has 0 unspecified atom stereocenters. The minimum Gasteiger partial charge on any atom is -0.495 e. The summed E-state index contributed by atoms with van der Waals surface area (Å²) in [4.78, 5) is 12.8. The second kappa shape index (κ2) is 6.41. The van der Waals surface area contributed by atoms with Crippen LogP contribution in [0.3, 0.4) is 0 Å². The zero-order valence-electron chi connectivity index (χ0n) is 12.7. The molecule has 1 aromatic carbocycles. The van der Waals surface area contributed by atoms with Crippen molar-refractivity contribution in [2.24, 2.45) is 0 Å². The Hall–Kier alpha value is -2.12. The van der Waals surface area contributed by atoms with Crippen molar-refractivity contribution < 1.29 is 23.0 Å². The average molecular weight is 372 g/mol. The number of aryl methyl sites for hydroxylation is 1. The van der Waals surface area contributed by atoms with E-state index in [0.29, 0.717) is 22.0 Å². The van der Waals surface area contributed by atoms with E-state index in [2.05, 4.69) is 4.74 Å². The van der Waals surface area contributed by atoms with Crippen LogP contribution in [0.15, 0.2) is 29.6 Å². The number of carbonyl (C=O) groups excluding carboxylic acids is 1. The second-order valence-corrected chi connectivity index (χ2v) is 6.29. The maximum absolute atomic E-state index is 12.8. The number of hydrogen-bond acceptors (Lipinski definition) is 4. The Morgan fingerprint density at radius 2 is 2.04 bits per heavy atom. The van der Waals surface area contributed by atoms with E-state index in [1.807, 2.05) is 6.07 Å². The van der Waals surface area contributed by atoms with Crippen molar-refractivity contribution in [2.45, 2.75) is 13.5 Å². The highest BCUT2D eigenvalue weighted by molar-refractivity contribution is 7.12. The van der Waals surface area contributed by atoms with Gasteiger partial charge >= 0.3 is 6.61 Å². The Kier molecular flexibility index (Phi) is 4.47. The molecule has 0 aliphatic carbocycles. The number of thiophene rings is 1. The zero-order valence-corrected chi connectivity index (χ0v) is 14.3. The van der Waals surface area contributed by atoms with Crippen molar-refractivity contribution >= 4 is 39.7 Å². The van der Waals surface area contributed by atoms with Crippen LogP contribution >= 0.6 is 22.9 Å². The first-order valence-electron chi connectivity index (χ1n) is 6.84. The summed E-state index contributed by atoms with van der Waals surface area (Å²) in [6, 6.07) is 6.52. The molecule has 2 heterocycles. The molecule has 0 saturated heterocycles. The fraction of sp³-hybridized carbons (Fsp3) is 0.188. The summed E-state index contributed by atoms with van der Waals surface area (Å²) in [5.41, 5.74) is 1.58. The van der Waals surface area contributed by atoms with Crippen LogP contribution in [0.4, 0.5) is 8.78 Å². The number of carbonyl (C=O) groups is 1. The first-order chi connectivity index (χ1) is 11.4. The van der Waals surface area contributed by atoms with Crippen LogP contribution in [0.25, 0.3) is 10.9 Å². The van der Waals surface area contributed by atoms with Crippen LogP contribution in [0, 0.1) is 6.92 Å². The van der Waals surface area contributed by atoms with Gasteiger partial charge < -0.3 is 9.47 Å². The lowest BCUT2D eigenvalue weighted by atomic mass is 10.2. The molecule has 0 radical (unpaired) electrons. The van der Waals surface area contributed by atoms with Crippen LogP contribution in [-0.2, 0) is 0 Å². The van der Waals surface area contributed by atoms with Crippen molar-refractivity contribution in [3.63, 3.8) is 0 Å². The summed E-state index contributed by atoms with van der Waals surface area (Å²) in [5.74, 6) is 0.168. The maximum Gasteiger partial charge on any atom is 0.388 e. The third kappa shape index (κ3) is 2.97. The Balaban J connectivity index is 2.05. The molecule has 0 aliphatic rings. The number of rotatable bonds is 4. The smallest absolute Gasteiger partial charge is 0.388 e. The fourth-order valence-corrected chi connectivity index (χ4v) is 3.45. The van der Waals surface area contributed by atoms with Crippen LogP contribution in [-0.4, -0.2) is 24.2 Å². The molecular weight excluding hydrogens is 360 g/mol. The average Bonchev–Trinajstić information content (AvgIpc) is 3.09. The Morgan fingerprint density at radius 1 is 1.29 bits per heavy atom. The van der Waals surface area contributed by atoms with Gasteiger partial charge in [-0.25, -0.2) is 0 Å². The molecule has 3 aromatic rings. The van der Waals surface area contributed by atoms with Gasteiger partial charge in [0, 0.05) is 22.5 Å². The number of aromatic nitrogens is 1. The van der Waals surface area contributed by atoms with E-state index in [1.54, 1.807) is 19.1 Å². The molecule has 8 heteroatoms. The molecule has 0 fully saturated rings. The lowest BCUT2D eigenvalue weighted by Crippen LogP contribution is -2.12. The number of fused-ring (bicyclic) bond motifs is 1. The number of halogens is 3. The number of hydrogen-bond donors (Lipinski definition) is 0. The maximum atomic E-state index is 12.8. The van der Waals surface area contributed by atoms with Crippen LogP contribution in [0.2, 0.25) is 5.02 Å². The van der Waals surface area contributed by atoms with Crippen LogP contribution < -0.4 is 9.47 Å². The third-order valence-electron chi connectivity index (χ3n) is 3.49. The highest BCUT2D eigenvalue weighted by Crippen LogP contribution is 2.33. The normalized spacial score (nSPS) is 11.2. The number of alkyl halides is 2. The second-order valence-electron chi connectivity index (χ2n) is 5.00. The molecule has 24 heavy (non-hydrogen) atoms. The Morgan fingerprint density at radius 3 is 2.71 bits per heavy atom.